The molecule has 1 aromatic carbocycles. The van der Waals surface area contributed by atoms with Crippen molar-refractivity contribution in [1.82, 2.24) is 5.32 Å². The van der Waals surface area contributed by atoms with Crippen molar-refractivity contribution in [3.8, 4) is 0 Å². The van der Waals surface area contributed by atoms with E-state index in [2.05, 4.69) is 5.32 Å². The average molecular weight is 280 g/mol. The van der Waals surface area contributed by atoms with Crippen LogP contribution in [0.5, 0.6) is 0 Å². The van der Waals surface area contributed by atoms with Crippen LogP contribution >= 0.6 is 0 Å². The Balaban J connectivity index is 2.11. The van der Waals surface area contributed by atoms with Crippen LogP contribution in [0.4, 0.5) is 4.39 Å². The van der Waals surface area contributed by atoms with Crippen molar-refractivity contribution in [1.29, 1.82) is 0 Å². The van der Waals surface area contributed by atoms with Gasteiger partial charge in [-0.2, -0.15) is 0 Å². The Hall–Kier alpha value is -1.95. The predicted octanol–water partition coefficient (Wildman–Crippen LogP) is 0.893. The topological polar surface area (TPSA) is 81.4 Å². The van der Waals surface area contributed by atoms with Crippen LogP contribution in [-0.2, 0) is 14.3 Å². The van der Waals surface area contributed by atoms with Crippen LogP contribution in [0, 0.1) is 11.7 Å². The number of halogens is 1. The molecule has 3 atom stereocenters. The molecule has 1 saturated heterocycles. The van der Waals surface area contributed by atoms with E-state index in [1.807, 2.05) is 6.92 Å². The van der Waals surface area contributed by atoms with Crippen LogP contribution < -0.4 is 11.1 Å². The fraction of sp³-hybridized carbons (Fsp3) is 0.429. The van der Waals surface area contributed by atoms with Gasteiger partial charge < -0.3 is 15.8 Å². The zero-order valence-electron chi connectivity index (χ0n) is 11.1. The molecular formula is C14H17FN2O3. The maximum absolute atomic E-state index is 12.9. The first-order chi connectivity index (χ1) is 9.49. The van der Waals surface area contributed by atoms with Crippen LogP contribution in [0.25, 0.3) is 0 Å². The highest BCUT2D eigenvalue weighted by Crippen LogP contribution is 2.22. The Bertz CT molecular complexity index is 504. The second kappa shape index (κ2) is 6.00. The number of carbonyl (C=O) groups is 2. The first-order valence-corrected chi connectivity index (χ1v) is 6.46. The van der Waals surface area contributed by atoms with E-state index in [1.54, 1.807) is 0 Å². The van der Waals surface area contributed by atoms with Crippen molar-refractivity contribution in [2.75, 3.05) is 6.61 Å². The summed E-state index contributed by atoms with van der Waals surface area (Å²) in [4.78, 5) is 23.6. The highest BCUT2D eigenvalue weighted by Gasteiger charge is 2.33. The second-order valence-electron chi connectivity index (χ2n) is 4.87. The van der Waals surface area contributed by atoms with Crippen LogP contribution in [0.1, 0.15) is 24.9 Å². The molecule has 2 amide bonds. The van der Waals surface area contributed by atoms with Crippen molar-refractivity contribution >= 4 is 11.8 Å². The zero-order chi connectivity index (χ0) is 14.7. The van der Waals surface area contributed by atoms with E-state index >= 15 is 0 Å². The van der Waals surface area contributed by atoms with Crippen molar-refractivity contribution in [2.24, 2.45) is 11.7 Å². The summed E-state index contributed by atoms with van der Waals surface area (Å²) in [6, 6.07) is 4.34. The number of ether oxygens (including phenoxy) is 1. The molecule has 1 heterocycles. The van der Waals surface area contributed by atoms with Crippen LogP contribution in [-0.4, -0.2) is 24.5 Å². The zero-order valence-corrected chi connectivity index (χ0v) is 11.1. The third-order valence-corrected chi connectivity index (χ3v) is 3.49. The number of hydrogen-bond acceptors (Lipinski definition) is 3. The van der Waals surface area contributed by atoms with Crippen molar-refractivity contribution in [3.63, 3.8) is 0 Å². The van der Waals surface area contributed by atoms with E-state index in [4.69, 9.17) is 10.5 Å². The Labute approximate surface area is 116 Å². The molecule has 0 radical (unpaired) electrons. The number of benzene rings is 1. The molecule has 0 bridgehead atoms. The number of hydrogen-bond donors (Lipinski definition) is 2. The van der Waals surface area contributed by atoms with Crippen LogP contribution in [0.15, 0.2) is 24.3 Å². The standard InChI is InChI=1S/C14H17FN2O3/c1-8-11(6-7-20-8)14(19)17-12(13(16)18)9-2-4-10(15)5-3-9/h2-5,8,11-12H,6-7H2,1H3,(H2,16,18)(H,17,19)/t8-,11-,12-/m0/s1. The molecule has 0 unspecified atom stereocenters. The Kier molecular flexibility index (Phi) is 4.34. The average Bonchev–Trinajstić information content (AvgIpc) is 2.83. The lowest BCUT2D eigenvalue weighted by Gasteiger charge is -2.20. The van der Waals surface area contributed by atoms with Gasteiger partial charge in [0.2, 0.25) is 11.8 Å². The molecule has 1 aromatic rings. The lowest BCUT2D eigenvalue weighted by molar-refractivity contribution is -0.131. The molecular weight excluding hydrogens is 263 g/mol. The third-order valence-electron chi connectivity index (χ3n) is 3.49. The summed E-state index contributed by atoms with van der Waals surface area (Å²) in [6.45, 7) is 2.34. The molecule has 0 saturated carbocycles. The fourth-order valence-corrected chi connectivity index (χ4v) is 2.30. The lowest BCUT2D eigenvalue weighted by atomic mass is 10.00. The quantitative estimate of drug-likeness (QED) is 0.859. The minimum absolute atomic E-state index is 0.184. The number of amides is 2. The molecule has 0 aromatic heterocycles. The van der Waals surface area contributed by atoms with Gasteiger partial charge in [-0.05, 0) is 31.0 Å². The minimum atomic E-state index is -0.962. The van der Waals surface area contributed by atoms with Gasteiger partial charge in [-0.25, -0.2) is 4.39 Å². The maximum Gasteiger partial charge on any atom is 0.244 e. The van der Waals surface area contributed by atoms with Gasteiger partial charge in [0.1, 0.15) is 11.9 Å². The molecule has 108 valence electrons. The summed E-state index contributed by atoms with van der Waals surface area (Å²) in [5.74, 6) is -1.67. The van der Waals surface area contributed by atoms with Crippen LogP contribution in [0.3, 0.4) is 0 Å². The molecule has 1 fully saturated rings. The molecule has 6 heteroatoms. The van der Waals surface area contributed by atoms with Gasteiger partial charge in [0.25, 0.3) is 0 Å². The van der Waals surface area contributed by atoms with Crippen molar-refractivity contribution < 1.29 is 18.7 Å². The van der Waals surface area contributed by atoms with Crippen molar-refractivity contribution in [3.05, 3.63) is 35.6 Å². The predicted molar refractivity (Wildman–Crippen MR) is 70.0 cm³/mol. The highest BCUT2D eigenvalue weighted by molar-refractivity contribution is 5.88. The first kappa shape index (κ1) is 14.5. The summed E-state index contributed by atoms with van der Waals surface area (Å²) in [5, 5.41) is 2.61. The number of rotatable bonds is 4. The summed E-state index contributed by atoms with van der Waals surface area (Å²) < 4.78 is 18.2. The number of nitrogens with one attached hydrogen (secondary N) is 1. The van der Waals surface area contributed by atoms with Gasteiger partial charge in [-0.3, -0.25) is 9.59 Å². The summed E-state index contributed by atoms with van der Waals surface area (Å²) in [5.41, 5.74) is 5.77. The van der Waals surface area contributed by atoms with Gasteiger partial charge in [0.15, 0.2) is 0 Å². The molecule has 3 N–H and O–H groups in total. The van der Waals surface area contributed by atoms with Gasteiger partial charge in [0, 0.05) is 6.61 Å². The van der Waals surface area contributed by atoms with E-state index < -0.39 is 17.8 Å². The molecule has 1 aliphatic rings. The SMILES string of the molecule is C[C@@H]1OCC[C@@H]1C(=O)N[C@H](C(N)=O)c1ccc(F)cc1. The van der Waals surface area contributed by atoms with E-state index in [0.717, 1.165) is 0 Å². The van der Waals surface area contributed by atoms with Gasteiger partial charge in [0.05, 0.1) is 12.0 Å². The fourth-order valence-electron chi connectivity index (χ4n) is 2.30. The van der Waals surface area contributed by atoms with Gasteiger partial charge in [-0.1, -0.05) is 12.1 Å². The number of primary amides is 1. The molecule has 5 nitrogen and oxygen atoms in total. The Morgan fingerprint density at radius 2 is 2.05 bits per heavy atom. The lowest BCUT2D eigenvalue weighted by Crippen LogP contribution is -2.42. The summed E-state index contributed by atoms with van der Waals surface area (Å²) in [6.07, 6.45) is 0.429. The molecule has 0 aliphatic carbocycles. The molecule has 2 rings (SSSR count). The van der Waals surface area contributed by atoms with E-state index in [-0.39, 0.29) is 17.9 Å². The molecule has 0 spiro atoms. The van der Waals surface area contributed by atoms with E-state index in [1.165, 1.54) is 24.3 Å². The van der Waals surface area contributed by atoms with Gasteiger partial charge >= 0.3 is 0 Å². The first-order valence-electron chi connectivity index (χ1n) is 6.46. The smallest absolute Gasteiger partial charge is 0.244 e. The monoisotopic (exact) mass is 280 g/mol. The summed E-state index contributed by atoms with van der Waals surface area (Å²) in [7, 11) is 0. The van der Waals surface area contributed by atoms with Crippen molar-refractivity contribution in [2.45, 2.75) is 25.5 Å². The number of nitrogens with two attached hydrogens (primary N) is 1. The molecule has 1 aliphatic heterocycles. The number of carbonyl (C=O) groups excluding carboxylic acids is 2. The maximum atomic E-state index is 12.9. The minimum Gasteiger partial charge on any atom is -0.378 e. The molecule has 20 heavy (non-hydrogen) atoms. The second-order valence-corrected chi connectivity index (χ2v) is 4.87. The van der Waals surface area contributed by atoms with Crippen LogP contribution in [0.2, 0.25) is 0 Å². The summed E-state index contributed by atoms with van der Waals surface area (Å²) >= 11 is 0. The largest absolute Gasteiger partial charge is 0.378 e. The Morgan fingerprint density at radius 1 is 1.40 bits per heavy atom. The van der Waals surface area contributed by atoms with Gasteiger partial charge in [-0.15, -0.1) is 0 Å². The normalized spacial score (nSPS) is 23.3. The third kappa shape index (κ3) is 3.14. The Morgan fingerprint density at radius 3 is 2.55 bits per heavy atom. The highest BCUT2D eigenvalue weighted by atomic mass is 19.1. The van der Waals surface area contributed by atoms with E-state index in [9.17, 15) is 14.0 Å². The van der Waals surface area contributed by atoms with E-state index in [0.29, 0.717) is 18.6 Å².